The lowest BCUT2D eigenvalue weighted by Crippen LogP contribution is -2.01. The molecule has 0 aliphatic rings. The van der Waals surface area contributed by atoms with Gasteiger partial charge in [-0.25, -0.2) is 0 Å². The predicted molar refractivity (Wildman–Crippen MR) is 51.3 cm³/mol. The van der Waals surface area contributed by atoms with Crippen LogP contribution in [0.2, 0.25) is 0 Å². The fourth-order valence-electron chi connectivity index (χ4n) is 1.30. The highest BCUT2D eigenvalue weighted by molar-refractivity contribution is 5.70. The molecule has 0 unspecified atom stereocenters. The van der Waals surface area contributed by atoms with Gasteiger partial charge >= 0.3 is 0 Å². The van der Waals surface area contributed by atoms with Crippen molar-refractivity contribution in [3.05, 3.63) is 23.8 Å². The lowest BCUT2D eigenvalue weighted by atomic mass is 10.1. The van der Waals surface area contributed by atoms with Gasteiger partial charge in [-0.15, -0.1) is 0 Å². The lowest BCUT2D eigenvalue weighted by molar-refractivity contribution is 0.377. The number of aryl methyl sites for hydroxylation is 1. The predicted octanol–water partition coefficient (Wildman–Crippen LogP) is 2.24. The molecule has 0 bridgehead atoms. The number of hydrogen-bond donors (Lipinski definition) is 4. The van der Waals surface area contributed by atoms with Gasteiger partial charge in [0.05, 0.1) is 11.4 Å². The summed E-state index contributed by atoms with van der Waals surface area (Å²) < 4.78 is 0. The summed E-state index contributed by atoms with van der Waals surface area (Å²) >= 11 is 0. The summed E-state index contributed by atoms with van der Waals surface area (Å²) in [6.07, 6.45) is 1.85. The first kappa shape index (κ1) is 9.83. The minimum Gasteiger partial charge on any atom is -0.291 e. The van der Waals surface area contributed by atoms with Crippen LogP contribution in [-0.4, -0.2) is 10.4 Å². The average molecular weight is 182 g/mol. The van der Waals surface area contributed by atoms with E-state index < -0.39 is 0 Å². The van der Waals surface area contributed by atoms with Crippen molar-refractivity contribution in [2.24, 2.45) is 0 Å². The third-order valence-electron chi connectivity index (χ3n) is 1.90. The molecule has 4 nitrogen and oxygen atoms in total. The Balaban J connectivity index is 3.03. The average Bonchev–Trinajstić information content (AvgIpc) is 2.18. The van der Waals surface area contributed by atoms with Crippen LogP contribution in [0.5, 0.6) is 0 Å². The van der Waals surface area contributed by atoms with Crippen molar-refractivity contribution in [1.82, 2.24) is 0 Å². The van der Waals surface area contributed by atoms with Crippen molar-refractivity contribution in [3.8, 4) is 0 Å². The first-order valence-corrected chi connectivity index (χ1v) is 4.25. The second-order valence-electron chi connectivity index (χ2n) is 2.81. The molecular weight excluding hydrogens is 168 g/mol. The summed E-state index contributed by atoms with van der Waals surface area (Å²) in [5.74, 6) is 0. The van der Waals surface area contributed by atoms with Gasteiger partial charge in [-0.1, -0.05) is 25.5 Å². The molecule has 72 valence electrons. The molecule has 0 fully saturated rings. The molecule has 0 atom stereocenters. The van der Waals surface area contributed by atoms with Gasteiger partial charge < -0.3 is 0 Å². The number of para-hydroxylation sites is 1. The van der Waals surface area contributed by atoms with E-state index in [1.165, 1.54) is 0 Å². The summed E-state index contributed by atoms with van der Waals surface area (Å²) in [6, 6.07) is 5.41. The molecule has 0 aliphatic heterocycles. The van der Waals surface area contributed by atoms with Crippen LogP contribution >= 0.6 is 0 Å². The molecule has 1 aromatic carbocycles. The Bertz CT molecular complexity index is 276. The second kappa shape index (κ2) is 4.69. The molecule has 0 saturated heterocycles. The smallest absolute Gasteiger partial charge is 0.0888 e. The van der Waals surface area contributed by atoms with E-state index in [-0.39, 0.29) is 0 Å². The largest absolute Gasteiger partial charge is 0.291 e. The first-order valence-electron chi connectivity index (χ1n) is 4.25. The van der Waals surface area contributed by atoms with Crippen molar-refractivity contribution < 1.29 is 10.4 Å². The van der Waals surface area contributed by atoms with E-state index in [0.717, 1.165) is 18.4 Å². The molecule has 1 aromatic rings. The quantitative estimate of drug-likeness (QED) is 0.539. The molecule has 0 amide bonds. The number of rotatable bonds is 4. The van der Waals surface area contributed by atoms with Crippen LogP contribution in [0, 0.1) is 0 Å². The Morgan fingerprint density at radius 1 is 1.23 bits per heavy atom. The molecule has 0 aromatic heterocycles. The van der Waals surface area contributed by atoms with Gasteiger partial charge in [-0.3, -0.25) is 21.4 Å². The van der Waals surface area contributed by atoms with E-state index in [9.17, 15) is 0 Å². The van der Waals surface area contributed by atoms with Gasteiger partial charge in [0, 0.05) is 0 Å². The molecule has 4 heteroatoms. The highest BCUT2D eigenvalue weighted by Gasteiger charge is 2.05. The van der Waals surface area contributed by atoms with Gasteiger partial charge in [-0.05, 0) is 18.1 Å². The van der Waals surface area contributed by atoms with Crippen LogP contribution in [-0.2, 0) is 6.42 Å². The number of hydrogen-bond acceptors (Lipinski definition) is 4. The van der Waals surface area contributed by atoms with Gasteiger partial charge in [0.2, 0.25) is 0 Å². The van der Waals surface area contributed by atoms with Gasteiger partial charge in [-0.2, -0.15) is 0 Å². The monoisotopic (exact) mass is 182 g/mol. The van der Waals surface area contributed by atoms with Crippen molar-refractivity contribution in [2.75, 3.05) is 11.0 Å². The summed E-state index contributed by atoms with van der Waals surface area (Å²) in [5.41, 5.74) is 6.09. The van der Waals surface area contributed by atoms with Crippen LogP contribution in [0.4, 0.5) is 11.4 Å². The van der Waals surface area contributed by atoms with Gasteiger partial charge in [0.1, 0.15) is 0 Å². The fourth-order valence-corrected chi connectivity index (χ4v) is 1.30. The standard InChI is InChI=1S/C9H14N2O2/c1-2-4-7-5-3-6-8(10-12)9(7)11-13/h3,5-6,10-13H,2,4H2,1H3. The SMILES string of the molecule is CCCc1cccc(NO)c1NO. The van der Waals surface area contributed by atoms with E-state index >= 15 is 0 Å². The summed E-state index contributed by atoms with van der Waals surface area (Å²) in [4.78, 5) is 0. The summed E-state index contributed by atoms with van der Waals surface area (Å²) in [7, 11) is 0. The molecule has 0 heterocycles. The number of anilines is 2. The van der Waals surface area contributed by atoms with Crippen LogP contribution in [0.1, 0.15) is 18.9 Å². The number of nitrogens with one attached hydrogen (secondary N) is 2. The van der Waals surface area contributed by atoms with Crippen molar-refractivity contribution in [2.45, 2.75) is 19.8 Å². The normalized spacial score (nSPS) is 9.77. The van der Waals surface area contributed by atoms with Gasteiger partial charge in [0.25, 0.3) is 0 Å². The Morgan fingerprint density at radius 3 is 2.54 bits per heavy atom. The van der Waals surface area contributed by atoms with Crippen LogP contribution in [0.3, 0.4) is 0 Å². The van der Waals surface area contributed by atoms with E-state index in [1.807, 2.05) is 17.6 Å². The maximum atomic E-state index is 8.86. The third kappa shape index (κ3) is 2.11. The Morgan fingerprint density at radius 2 is 2.00 bits per heavy atom. The van der Waals surface area contributed by atoms with E-state index in [1.54, 1.807) is 6.07 Å². The zero-order valence-electron chi connectivity index (χ0n) is 7.54. The maximum Gasteiger partial charge on any atom is 0.0888 e. The second-order valence-corrected chi connectivity index (χ2v) is 2.81. The molecule has 4 N–H and O–H groups in total. The topological polar surface area (TPSA) is 64.5 Å². The molecule has 0 saturated carbocycles. The fraction of sp³-hybridized carbons (Fsp3) is 0.333. The lowest BCUT2D eigenvalue weighted by Gasteiger charge is -2.11. The molecular formula is C9H14N2O2. The highest BCUT2D eigenvalue weighted by atomic mass is 16.5. The minimum absolute atomic E-state index is 0.480. The Kier molecular flexibility index (Phi) is 3.54. The van der Waals surface area contributed by atoms with E-state index in [2.05, 4.69) is 12.4 Å². The van der Waals surface area contributed by atoms with Gasteiger partial charge in [0.15, 0.2) is 0 Å². The summed E-state index contributed by atoms with van der Waals surface area (Å²) in [6.45, 7) is 2.06. The van der Waals surface area contributed by atoms with Crippen molar-refractivity contribution >= 4 is 11.4 Å². The Labute approximate surface area is 77.1 Å². The highest BCUT2D eigenvalue weighted by Crippen LogP contribution is 2.25. The van der Waals surface area contributed by atoms with Crippen molar-refractivity contribution in [3.63, 3.8) is 0 Å². The maximum absolute atomic E-state index is 8.86. The molecule has 0 aliphatic carbocycles. The van der Waals surface area contributed by atoms with Crippen LogP contribution < -0.4 is 11.0 Å². The van der Waals surface area contributed by atoms with Crippen LogP contribution in [0.25, 0.3) is 0 Å². The zero-order chi connectivity index (χ0) is 9.68. The Hall–Kier alpha value is -1.26. The summed E-state index contributed by atoms with van der Waals surface area (Å²) in [5, 5.41) is 17.6. The number of benzene rings is 1. The minimum atomic E-state index is 0.480. The molecule has 13 heavy (non-hydrogen) atoms. The molecule has 1 rings (SSSR count). The zero-order valence-corrected chi connectivity index (χ0v) is 7.54. The molecule has 0 spiro atoms. The molecule has 0 radical (unpaired) electrons. The van der Waals surface area contributed by atoms with Crippen LogP contribution in [0.15, 0.2) is 18.2 Å². The third-order valence-corrected chi connectivity index (χ3v) is 1.90. The van der Waals surface area contributed by atoms with E-state index in [0.29, 0.717) is 11.4 Å². The first-order chi connectivity index (χ1) is 6.33. The van der Waals surface area contributed by atoms with Crippen molar-refractivity contribution in [1.29, 1.82) is 0 Å². The van der Waals surface area contributed by atoms with E-state index in [4.69, 9.17) is 10.4 Å².